The van der Waals surface area contributed by atoms with Crippen LogP contribution < -0.4 is 11.1 Å². The van der Waals surface area contributed by atoms with E-state index < -0.39 is 23.5 Å². The number of rotatable bonds is 5. The van der Waals surface area contributed by atoms with E-state index in [4.69, 9.17) is 15.7 Å². The normalized spacial score (nSPS) is 11.6. The Bertz CT molecular complexity index is 581. The minimum absolute atomic E-state index is 0.316. The summed E-state index contributed by atoms with van der Waals surface area (Å²) in [6.07, 6.45) is 0. The van der Waals surface area contributed by atoms with Gasteiger partial charge in [0.1, 0.15) is 0 Å². The average molecular weight is 293 g/mol. The van der Waals surface area contributed by atoms with Crippen LogP contribution in [0, 0.1) is 0 Å². The van der Waals surface area contributed by atoms with E-state index >= 15 is 0 Å². The molecule has 3 amide bonds. The van der Waals surface area contributed by atoms with E-state index in [1.165, 1.54) is 26.0 Å². The highest BCUT2D eigenvalue weighted by molar-refractivity contribution is 6.42. The summed E-state index contributed by atoms with van der Waals surface area (Å²) in [7, 11) is 0. The smallest absolute Gasteiger partial charge is 0.358 e. The molecule has 112 valence electrons. The lowest BCUT2D eigenvalue weighted by atomic mass is 10.1. The molecule has 0 aromatic heterocycles. The number of carboxylic acid groups (broad SMARTS) is 1. The van der Waals surface area contributed by atoms with Crippen LogP contribution in [0.4, 0.5) is 4.79 Å². The zero-order valence-corrected chi connectivity index (χ0v) is 11.5. The number of urea groups is 1. The van der Waals surface area contributed by atoms with Crippen LogP contribution in [0.3, 0.4) is 0 Å². The number of carbonyl (C=O) groups is 3. The standard InChI is InChI=1S/C13H15N3O5/c1-13(2,11(19)15-12(14)20)21-16-9(10(17)18)8-6-4-3-5-7-8/h3-7H,1-2H3,(H,17,18)(H3,14,15,19,20)/b16-9-. The Balaban J connectivity index is 2.96. The van der Waals surface area contributed by atoms with Crippen LogP contribution >= 0.6 is 0 Å². The highest BCUT2D eigenvalue weighted by Crippen LogP contribution is 2.11. The number of aliphatic carboxylic acids is 1. The van der Waals surface area contributed by atoms with E-state index in [1.807, 2.05) is 5.32 Å². The number of carboxylic acids is 1. The van der Waals surface area contributed by atoms with Gasteiger partial charge in [0.05, 0.1) is 0 Å². The lowest BCUT2D eigenvalue weighted by Crippen LogP contribution is -2.48. The van der Waals surface area contributed by atoms with E-state index in [0.717, 1.165) is 0 Å². The largest absolute Gasteiger partial charge is 0.476 e. The van der Waals surface area contributed by atoms with E-state index in [2.05, 4.69) is 5.16 Å². The third-order valence-corrected chi connectivity index (χ3v) is 2.40. The maximum atomic E-state index is 11.6. The van der Waals surface area contributed by atoms with Gasteiger partial charge >= 0.3 is 12.0 Å². The van der Waals surface area contributed by atoms with Crippen molar-refractivity contribution in [1.29, 1.82) is 0 Å². The first-order valence-corrected chi connectivity index (χ1v) is 5.90. The number of benzene rings is 1. The average Bonchev–Trinajstić information content (AvgIpc) is 2.38. The van der Waals surface area contributed by atoms with Crippen LogP contribution in [0.1, 0.15) is 19.4 Å². The summed E-state index contributed by atoms with van der Waals surface area (Å²) in [5, 5.41) is 14.5. The lowest BCUT2D eigenvalue weighted by molar-refractivity contribution is -0.142. The minimum atomic E-state index is -1.56. The van der Waals surface area contributed by atoms with E-state index in [1.54, 1.807) is 18.2 Å². The number of amides is 3. The monoisotopic (exact) mass is 293 g/mol. The summed E-state index contributed by atoms with van der Waals surface area (Å²) in [6.45, 7) is 2.64. The third kappa shape index (κ3) is 4.60. The van der Waals surface area contributed by atoms with Gasteiger partial charge in [0.2, 0.25) is 5.60 Å². The summed E-state index contributed by atoms with van der Waals surface area (Å²) in [6, 6.07) is 7.02. The highest BCUT2D eigenvalue weighted by atomic mass is 16.7. The number of nitrogens with one attached hydrogen (secondary N) is 1. The lowest BCUT2D eigenvalue weighted by Gasteiger charge is -2.20. The second-order valence-corrected chi connectivity index (χ2v) is 4.53. The van der Waals surface area contributed by atoms with Crippen molar-refractivity contribution in [3.63, 3.8) is 0 Å². The zero-order valence-electron chi connectivity index (χ0n) is 11.5. The van der Waals surface area contributed by atoms with Crippen LogP contribution in [0.2, 0.25) is 0 Å². The Labute approximate surface area is 120 Å². The van der Waals surface area contributed by atoms with Crippen LogP contribution in [-0.4, -0.2) is 34.3 Å². The second-order valence-electron chi connectivity index (χ2n) is 4.53. The van der Waals surface area contributed by atoms with Crippen molar-refractivity contribution >= 4 is 23.6 Å². The molecule has 1 rings (SSSR count). The molecule has 0 bridgehead atoms. The van der Waals surface area contributed by atoms with Gasteiger partial charge in [-0.05, 0) is 13.8 Å². The fourth-order valence-electron chi connectivity index (χ4n) is 1.27. The predicted molar refractivity (Wildman–Crippen MR) is 73.5 cm³/mol. The molecule has 0 aliphatic carbocycles. The molecular weight excluding hydrogens is 278 g/mol. The van der Waals surface area contributed by atoms with Gasteiger partial charge in [-0.2, -0.15) is 0 Å². The molecule has 8 heteroatoms. The summed E-state index contributed by atoms with van der Waals surface area (Å²) in [5.41, 5.74) is 3.21. The molecule has 0 heterocycles. The second kappa shape index (κ2) is 6.51. The first-order chi connectivity index (χ1) is 9.74. The number of primary amides is 1. The molecule has 1 aromatic carbocycles. The quantitative estimate of drug-likeness (QED) is 0.536. The molecule has 0 radical (unpaired) electrons. The Morgan fingerprint density at radius 1 is 1.24 bits per heavy atom. The number of hydrogen-bond donors (Lipinski definition) is 3. The van der Waals surface area contributed by atoms with Gasteiger partial charge in [-0.15, -0.1) is 0 Å². The van der Waals surface area contributed by atoms with Gasteiger partial charge in [0.25, 0.3) is 5.91 Å². The number of imide groups is 1. The first kappa shape index (κ1) is 16.2. The third-order valence-electron chi connectivity index (χ3n) is 2.40. The van der Waals surface area contributed by atoms with E-state index in [9.17, 15) is 14.4 Å². The molecule has 0 spiro atoms. The molecule has 0 aliphatic heterocycles. The molecule has 0 saturated carbocycles. The number of oxime groups is 1. The fraction of sp³-hybridized carbons (Fsp3) is 0.231. The van der Waals surface area contributed by atoms with Crippen LogP contribution in [0.15, 0.2) is 35.5 Å². The van der Waals surface area contributed by atoms with Gasteiger partial charge in [-0.25, -0.2) is 9.59 Å². The van der Waals surface area contributed by atoms with Crippen molar-refractivity contribution in [2.75, 3.05) is 0 Å². The molecule has 0 aliphatic rings. The van der Waals surface area contributed by atoms with Gasteiger partial charge < -0.3 is 15.7 Å². The SMILES string of the molecule is CC(C)(O/N=C(\C(=O)O)c1ccccc1)C(=O)NC(N)=O. The van der Waals surface area contributed by atoms with E-state index in [0.29, 0.717) is 5.56 Å². The van der Waals surface area contributed by atoms with Crippen LogP contribution in [0.5, 0.6) is 0 Å². The number of nitrogens with zero attached hydrogens (tertiary/aromatic N) is 1. The molecule has 8 nitrogen and oxygen atoms in total. The summed E-state index contributed by atoms with van der Waals surface area (Å²) in [5.74, 6) is -2.15. The van der Waals surface area contributed by atoms with Gasteiger partial charge in [-0.3, -0.25) is 10.1 Å². The molecule has 0 unspecified atom stereocenters. The van der Waals surface area contributed by atoms with Crippen molar-refractivity contribution in [2.45, 2.75) is 19.4 Å². The zero-order chi connectivity index (χ0) is 16.0. The number of carbonyl (C=O) groups excluding carboxylic acids is 2. The molecular formula is C13H15N3O5. The molecule has 1 aromatic rings. The van der Waals surface area contributed by atoms with Crippen molar-refractivity contribution in [3.05, 3.63) is 35.9 Å². The van der Waals surface area contributed by atoms with Crippen LogP contribution in [0.25, 0.3) is 0 Å². The Kier molecular flexibility index (Phi) is 5.01. The number of nitrogens with two attached hydrogens (primary N) is 1. The maximum absolute atomic E-state index is 11.6. The molecule has 0 atom stereocenters. The highest BCUT2D eigenvalue weighted by Gasteiger charge is 2.32. The Morgan fingerprint density at radius 3 is 2.29 bits per heavy atom. The number of hydrogen-bond acceptors (Lipinski definition) is 5. The molecule has 4 N–H and O–H groups in total. The summed E-state index contributed by atoms with van der Waals surface area (Å²) >= 11 is 0. The van der Waals surface area contributed by atoms with Crippen molar-refractivity contribution in [3.8, 4) is 0 Å². The fourth-order valence-corrected chi connectivity index (χ4v) is 1.27. The topological polar surface area (TPSA) is 131 Å². The van der Waals surface area contributed by atoms with Crippen molar-refractivity contribution < 1.29 is 24.3 Å². The molecule has 0 fully saturated rings. The van der Waals surface area contributed by atoms with Gasteiger partial charge in [0.15, 0.2) is 5.71 Å². The maximum Gasteiger partial charge on any atom is 0.358 e. The summed E-state index contributed by atoms with van der Waals surface area (Å²) < 4.78 is 0. The Morgan fingerprint density at radius 2 is 1.81 bits per heavy atom. The molecule has 21 heavy (non-hydrogen) atoms. The van der Waals surface area contributed by atoms with Crippen LogP contribution in [-0.2, 0) is 14.4 Å². The van der Waals surface area contributed by atoms with Gasteiger partial charge in [0, 0.05) is 5.56 Å². The predicted octanol–water partition coefficient (Wildman–Crippen LogP) is 0.465. The van der Waals surface area contributed by atoms with Crippen molar-refractivity contribution in [2.24, 2.45) is 10.9 Å². The molecule has 0 saturated heterocycles. The van der Waals surface area contributed by atoms with Crippen molar-refractivity contribution in [1.82, 2.24) is 5.32 Å². The first-order valence-electron chi connectivity index (χ1n) is 5.90. The van der Waals surface area contributed by atoms with E-state index in [-0.39, 0.29) is 5.71 Å². The summed E-state index contributed by atoms with van der Waals surface area (Å²) in [4.78, 5) is 38.4. The minimum Gasteiger partial charge on any atom is -0.476 e. The Hall–Kier alpha value is -2.90. The van der Waals surface area contributed by atoms with Gasteiger partial charge in [-0.1, -0.05) is 35.5 Å².